The van der Waals surface area contributed by atoms with Gasteiger partial charge in [-0.15, -0.1) is 0 Å². The summed E-state index contributed by atoms with van der Waals surface area (Å²) in [5.74, 6) is 0. The standard InChI is InChI=1S/C11H16O2/c12-9-11(13)8-4-7-10-5-2-1-3-6-10/h1-3,5-6,11-13H,4,7-9H2. The van der Waals surface area contributed by atoms with Gasteiger partial charge in [0.15, 0.2) is 0 Å². The maximum absolute atomic E-state index is 9.09. The highest BCUT2D eigenvalue weighted by Crippen LogP contribution is 2.05. The maximum atomic E-state index is 9.09. The van der Waals surface area contributed by atoms with Crippen LogP contribution in [0.4, 0.5) is 0 Å². The summed E-state index contributed by atoms with van der Waals surface area (Å²) >= 11 is 0. The second-order valence-corrected chi connectivity index (χ2v) is 3.21. The third-order valence-electron chi connectivity index (χ3n) is 2.06. The molecule has 0 saturated heterocycles. The molecule has 0 aliphatic rings. The van der Waals surface area contributed by atoms with Crippen LogP contribution in [0.15, 0.2) is 30.3 Å². The van der Waals surface area contributed by atoms with E-state index in [0.29, 0.717) is 6.42 Å². The van der Waals surface area contributed by atoms with Crippen molar-refractivity contribution in [3.05, 3.63) is 35.9 Å². The molecule has 72 valence electrons. The van der Waals surface area contributed by atoms with Gasteiger partial charge in [-0.05, 0) is 24.8 Å². The Balaban J connectivity index is 2.20. The number of hydrogen-bond acceptors (Lipinski definition) is 2. The molecule has 0 aliphatic heterocycles. The highest BCUT2D eigenvalue weighted by Gasteiger charge is 2.00. The van der Waals surface area contributed by atoms with E-state index in [0.717, 1.165) is 12.8 Å². The lowest BCUT2D eigenvalue weighted by Crippen LogP contribution is -2.11. The summed E-state index contributed by atoms with van der Waals surface area (Å²) in [5.41, 5.74) is 1.28. The van der Waals surface area contributed by atoms with Crippen LogP contribution in [-0.2, 0) is 6.42 Å². The third kappa shape index (κ3) is 4.06. The van der Waals surface area contributed by atoms with Gasteiger partial charge in [0.1, 0.15) is 0 Å². The van der Waals surface area contributed by atoms with Crippen LogP contribution in [0.1, 0.15) is 18.4 Å². The van der Waals surface area contributed by atoms with Crippen molar-refractivity contribution >= 4 is 0 Å². The lowest BCUT2D eigenvalue weighted by atomic mass is 10.1. The van der Waals surface area contributed by atoms with Crippen LogP contribution in [0.2, 0.25) is 0 Å². The Labute approximate surface area is 78.8 Å². The summed E-state index contributed by atoms with van der Waals surface area (Å²) in [6.07, 6.45) is 2.01. The fourth-order valence-corrected chi connectivity index (χ4v) is 1.28. The zero-order valence-electron chi connectivity index (χ0n) is 7.69. The van der Waals surface area contributed by atoms with E-state index in [4.69, 9.17) is 10.2 Å². The van der Waals surface area contributed by atoms with E-state index in [1.165, 1.54) is 5.56 Å². The van der Waals surface area contributed by atoms with Gasteiger partial charge in [0.05, 0.1) is 12.7 Å². The van der Waals surface area contributed by atoms with Crippen molar-refractivity contribution in [1.82, 2.24) is 0 Å². The average Bonchev–Trinajstić information content (AvgIpc) is 2.19. The summed E-state index contributed by atoms with van der Waals surface area (Å²) in [6, 6.07) is 10.2. The van der Waals surface area contributed by atoms with E-state index in [1.807, 2.05) is 18.2 Å². The molecule has 0 fully saturated rings. The second-order valence-electron chi connectivity index (χ2n) is 3.21. The minimum absolute atomic E-state index is 0.130. The van der Waals surface area contributed by atoms with Crippen LogP contribution in [-0.4, -0.2) is 22.9 Å². The normalized spacial score (nSPS) is 12.8. The first-order valence-electron chi connectivity index (χ1n) is 4.66. The molecular weight excluding hydrogens is 164 g/mol. The van der Waals surface area contributed by atoms with Crippen molar-refractivity contribution < 1.29 is 10.2 Å². The van der Waals surface area contributed by atoms with Gasteiger partial charge in [-0.1, -0.05) is 30.3 Å². The zero-order chi connectivity index (χ0) is 9.52. The summed E-state index contributed by atoms with van der Waals surface area (Å²) < 4.78 is 0. The predicted molar refractivity (Wildman–Crippen MR) is 52.5 cm³/mol. The third-order valence-corrected chi connectivity index (χ3v) is 2.06. The van der Waals surface area contributed by atoms with Crippen LogP contribution in [0, 0.1) is 0 Å². The van der Waals surface area contributed by atoms with Crippen molar-refractivity contribution in [2.75, 3.05) is 6.61 Å². The molecule has 0 radical (unpaired) electrons. The van der Waals surface area contributed by atoms with Gasteiger partial charge in [-0.3, -0.25) is 0 Å². The molecule has 0 aliphatic carbocycles. The molecule has 1 aromatic carbocycles. The summed E-state index contributed by atoms with van der Waals surface area (Å²) in [6.45, 7) is -0.130. The highest BCUT2D eigenvalue weighted by molar-refractivity contribution is 5.14. The maximum Gasteiger partial charge on any atom is 0.0771 e. The summed E-state index contributed by atoms with van der Waals surface area (Å²) in [4.78, 5) is 0. The number of aliphatic hydroxyl groups is 2. The van der Waals surface area contributed by atoms with Crippen molar-refractivity contribution in [2.24, 2.45) is 0 Å². The molecule has 1 atom stereocenters. The Kier molecular flexibility index (Phi) is 4.50. The summed E-state index contributed by atoms with van der Waals surface area (Å²) in [5, 5.41) is 17.7. The van der Waals surface area contributed by atoms with Crippen molar-refractivity contribution in [3.63, 3.8) is 0 Å². The molecule has 13 heavy (non-hydrogen) atoms. The molecule has 1 rings (SSSR count). The highest BCUT2D eigenvalue weighted by atomic mass is 16.3. The Morgan fingerprint density at radius 1 is 1.15 bits per heavy atom. The average molecular weight is 180 g/mol. The first-order chi connectivity index (χ1) is 6.33. The van der Waals surface area contributed by atoms with Gasteiger partial charge in [-0.25, -0.2) is 0 Å². The molecular formula is C11H16O2. The SMILES string of the molecule is OCC(O)CCCc1ccccc1. The van der Waals surface area contributed by atoms with E-state index in [1.54, 1.807) is 0 Å². The summed E-state index contributed by atoms with van der Waals surface area (Å²) in [7, 11) is 0. The second kappa shape index (κ2) is 5.73. The van der Waals surface area contributed by atoms with Gasteiger partial charge >= 0.3 is 0 Å². The zero-order valence-corrected chi connectivity index (χ0v) is 7.69. The smallest absolute Gasteiger partial charge is 0.0771 e. The molecule has 0 spiro atoms. The van der Waals surface area contributed by atoms with Crippen molar-refractivity contribution in [3.8, 4) is 0 Å². The fraction of sp³-hybridized carbons (Fsp3) is 0.455. The molecule has 0 saturated carbocycles. The van der Waals surface area contributed by atoms with Crippen LogP contribution in [0.5, 0.6) is 0 Å². The van der Waals surface area contributed by atoms with Gasteiger partial charge in [0, 0.05) is 0 Å². The minimum atomic E-state index is -0.552. The first kappa shape index (κ1) is 10.2. The van der Waals surface area contributed by atoms with Gasteiger partial charge in [0.25, 0.3) is 0 Å². The fourth-order valence-electron chi connectivity index (χ4n) is 1.28. The van der Waals surface area contributed by atoms with E-state index < -0.39 is 6.10 Å². The molecule has 2 N–H and O–H groups in total. The lowest BCUT2D eigenvalue weighted by molar-refractivity contribution is 0.0867. The quantitative estimate of drug-likeness (QED) is 0.718. The Morgan fingerprint density at radius 3 is 2.46 bits per heavy atom. The van der Waals surface area contributed by atoms with Crippen LogP contribution < -0.4 is 0 Å². The molecule has 2 heteroatoms. The van der Waals surface area contributed by atoms with E-state index in [-0.39, 0.29) is 6.61 Å². The molecule has 0 heterocycles. The van der Waals surface area contributed by atoms with E-state index in [9.17, 15) is 0 Å². The minimum Gasteiger partial charge on any atom is -0.394 e. The number of benzene rings is 1. The molecule has 2 nitrogen and oxygen atoms in total. The van der Waals surface area contributed by atoms with Gasteiger partial charge in [0.2, 0.25) is 0 Å². The molecule has 0 amide bonds. The number of rotatable bonds is 5. The van der Waals surface area contributed by atoms with Crippen LogP contribution >= 0.6 is 0 Å². The van der Waals surface area contributed by atoms with Gasteiger partial charge in [-0.2, -0.15) is 0 Å². The number of aliphatic hydroxyl groups excluding tert-OH is 2. The molecule has 1 aromatic rings. The van der Waals surface area contributed by atoms with E-state index in [2.05, 4.69) is 12.1 Å². The monoisotopic (exact) mass is 180 g/mol. The number of hydrogen-bond donors (Lipinski definition) is 2. The van der Waals surface area contributed by atoms with Gasteiger partial charge < -0.3 is 10.2 Å². The van der Waals surface area contributed by atoms with Crippen LogP contribution in [0.25, 0.3) is 0 Å². The topological polar surface area (TPSA) is 40.5 Å². The molecule has 1 unspecified atom stereocenters. The molecule has 0 bridgehead atoms. The predicted octanol–water partition coefficient (Wildman–Crippen LogP) is 1.36. The van der Waals surface area contributed by atoms with Crippen molar-refractivity contribution in [2.45, 2.75) is 25.4 Å². The lowest BCUT2D eigenvalue weighted by Gasteiger charge is -2.05. The molecule has 0 aromatic heterocycles. The van der Waals surface area contributed by atoms with Crippen LogP contribution in [0.3, 0.4) is 0 Å². The number of aryl methyl sites for hydroxylation is 1. The van der Waals surface area contributed by atoms with E-state index >= 15 is 0 Å². The first-order valence-corrected chi connectivity index (χ1v) is 4.66. The Hall–Kier alpha value is -0.860. The Bertz CT molecular complexity index is 221. The largest absolute Gasteiger partial charge is 0.394 e. The Morgan fingerprint density at radius 2 is 1.85 bits per heavy atom. The van der Waals surface area contributed by atoms with Crippen molar-refractivity contribution in [1.29, 1.82) is 0 Å².